The molecule has 0 bridgehead atoms. The second-order valence-electron chi connectivity index (χ2n) is 2.72. The number of aliphatic hydroxyl groups is 1. The van der Waals surface area contributed by atoms with E-state index in [1.807, 2.05) is 6.07 Å². The molecule has 3 heteroatoms. The molecule has 1 aliphatic rings. The Balaban J connectivity index is 2.44. The monoisotopic (exact) mass is 150 g/mol. The highest BCUT2D eigenvalue weighted by molar-refractivity contribution is 5.27. The zero-order chi connectivity index (χ0) is 7.68. The average Bonchev–Trinajstić information content (AvgIpc) is 2.06. The van der Waals surface area contributed by atoms with Crippen LogP contribution in [-0.2, 0) is 6.54 Å². The van der Waals surface area contributed by atoms with Crippen LogP contribution >= 0.6 is 0 Å². The lowest BCUT2D eigenvalue weighted by atomic mass is 10.0. The van der Waals surface area contributed by atoms with Crippen molar-refractivity contribution in [3.8, 4) is 0 Å². The van der Waals surface area contributed by atoms with Gasteiger partial charge in [0.25, 0.3) is 0 Å². The van der Waals surface area contributed by atoms with Crippen molar-refractivity contribution < 1.29 is 5.11 Å². The molecule has 0 amide bonds. The third-order valence-corrected chi connectivity index (χ3v) is 1.96. The molecule has 1 atom stereocenters. The van der Waals surface area contributed by atoms with Crippen molar-refractivity contribution in [2.75, 3.05) is 6.54 Å². The number of hydrogen-bond donors (Lipinski definition) is 2. The van der Waals surface area contributed by atoms with Gasteiger partial charge < -0.3 is 10.4 Å². The maximum atomic E-state index is 9.46. The topological polar surface area (TPSA) is 45.1 Å². The van der Waals surface area contributed by atoms with E-state index in [-0.39, 0.29) is 6.10 Å². The standard InChI is InChI=1S/C8H10N2O/c11-8-5-10-3-6-1-2-9-4-7(6)8/h1-2,4,8,10-11H,3,5H2. The predicted molar refractivity (Wildman–Crippen MR) is 40.9 cm³/mol. The van der Waals surface area contributed by atoms with Gasteiger partial charge in [-0.2, -0.15) is 0 Å². The van der Waals surface area contributed by atoms with Crippen molar-refractivity contribution >= 4 is 0 Å². The first-order valence-electron chi connectivity index (χ1n) is 3.69. The first-order valence-corrected chi connectivity index (χ1v) is 3.69. The largest absolute Gasteiger partial charge is 0.387 e. The Morgan fingerprint density at radius 2 is 2.55 bits per heavy atom. The van der Waals surface area contributed by atoms with E-state index < -0.39 is 0 Å². The number of aliphatic hydroxyl groups excluding tert-OH is 1. The highest BCUT2D eigenvalue weighted by atomic mass is 16.3. The summed E-state index contributed by atoms with van der Waals surface area (Å²) in [6.07, 6.45) is 3.10. The number of fused-ring (bicyclic) bond motifs is 1. The zero-order valence-corrected chi connectivity index (χ0v) is 6.12. The molecule has 1 aromatic heterocycles. The van der Waals surface area contributed by atoms with Crippen LogP contribution in [0.15, 0.2) is 18.5 Å². The molecular weight excluding hydrogens is 140 g/mol. The van der Waals surface area contributed by atoms with Crippen molar-refractivity contribution in [2.45, 2.75) is 12.6 Å². The molecule has 1 aromatic rings. The summed E-state index contributed by atoms with van der Waals surface area (Å²) in [5.74, 6) is 0. The number of β-amino-alcohol motifs (C(OH)–C–C–N with tert-alkyl or cyclic N) is 1. The molecule has 2 heterocycles. The minimum absolute atomic E-state index is 0.382. The van der Waals surface area contributed by atoms with Gasteiger partial charge in [0.1, 0.15) is 0 Å². The second kappa shape index (κ2) is 2.60. The first-order chi connectivity index (χ1) is 5.38. The molecule has 1 aliphatic heterocycles. The lowest BCUT2D eigenvalue weighted by Gasteiger charge is -2.21. The van der Waals surface area contributed by atoms with E-state index in [2.05, 4.69) is 10.3 Å². The summed E-state index contributed by atoms with van der Waals surface area (Å²) in [4.78, 5) is 3.96. The van der Waals surface area contributed by atoms with E-state index in [9.17, 15) is 5.11 Å². The van der Waals surface area contributed by atoms with Crippen LogP contribution in [0.1, 0.15) is 17.2 Å². The molecule has 0 spiro atoms. The Labute approximate surface area is 65.1 Å². The van der Waals surface area contributed by atoms with Gasteiger partial charge in [0.05, 0.1) is 6.10 Å². The normalized spacial score (nSPS) is 22.8. The molecule has 0 saturated carbocycles. The third kappa shape index (κ3) is 1.13. The van der Waals surface area contributed by atoms with Crippen LogP contribution in [0.5, 0.6) is 0 Å². The van der Waals surface area contributed by atoms with Gasteiger partial charge in [-0.25, -0.2) is 0 Å². The first kappa shape index (κ1) is 6.76. The summed E-state index contributed by atoms with van der Waals surface area (Å²) in [5, 5.41) is 12.6. The molecule has 2 rings (SSSR count). The van der Waals surface area contributed by atoms with E-state index in [1.54, 1.807) is 12.4 Å². The molecule has 0 fully saturated rings. The van der Waals surface area contributed by atoms with Gasteiger partial charge in [0.2, 0.25) is 0 Å². The Hall–Kier alpha value is -0.930. The molecule has 0 aliphatic carbocycles. The highest BCUT2D eigenvalue weighted by Crippen LogP contribution is 2.19. The second-order valence-corrected chi connectivity index (χ2v) is 2.72. The number of nitrogens with zero attached hydrogens (tertiary/aromatic N) is 1. The van der Waals surface area contributed by atoms with Crippen LogP contribution in [0.3, 0.4) is 0 Å². The summed E-state index contributed by atoms with van der Waals surface area (Å²) in [7, 11) is 0. The maximum absolute atomic E-state index is 9.46. The molecular formula is C8H10N2O. The Morgan fingerprint density at radius 3 is 3.36 bits per heavy atom. The number of aromatic nitrogens is 1. The summed E-state index contributed by atoms with van der Waals surface area (Å²) in [5.41, 5.74) is 2.12. The molecule has 1 unspecified atom stereocenters. The van der Waals surface area contributed by atoms with Crippen molar-refractivity contribution in [3.63, 3.8) is 0 Å². The van der Waals surface area contributed by atoms with Crippen LogP contribution in [0.25, 0.3) is 0 Å². The summed E-state index contributed by atoms with van der Waals surface area (Å²) < 4.78 is 0. The van der Waals surface area contributed by atoms with Crippen LogP contribution in [0.2, 0.25) is 0 Å². The van der Waals surface area contributed by atoms with Gasteiger partial charge in [0.15, 0.2) is 0 Å². The van der Waals surface area contributed by atoms with Gasteiger partial charge in [-0.1, -0.05) is 0 Å². The Bertz CT molecular complexity index is 262. The Morgan fingerprint density at radius 1 is 1.64 bits per heavy atom. The minimum atomic E-state index is -0.382. The third-order valence-electron chi connectivity index (χ3n) is 1.96. The van der Waals surface area contributed by atoms with Gasteiger partial charge in [-0.15, -0.1) is 0 Å². The van der Waals surface area contributed by atoms with Crippen LogP contribution < -0.4 is 5.32 Å². The van der Waals surface area contributed by atoms with Gasteiger partial charge >= 0.3 is 0 Å². The minimum Gasteiger partial charge on any atom is -0.387 e. The molecule has 0 saturated heterocycles. The van der Waals surface area contributed by atoms with Crippen LogP contribution in [0, 0.1) is 0 Å². The van der Waals surface area contributed by atoms with Gasteiger partial charge in [0, 0.05) is 31.0 Å². The SMILES string of the molecule is OC1CNCc2ccncc21. The fourth-order valence-electron chi connectivity index (χ4n) is 1.35. The Kier molecular flexibility index (Phi) is 1.60. The molecule has 2 N–H and O–H groups in total. The van der Waals surface area contributed by atoms with E-state index in [0.29, 0.717) is 6.54 Å². The number of rotatable bonds is 0. The lowest BCUT2D eigenvalue weighted by Crippen LogP contribution is -2.27. The smallest absolute Gasteiger partial charge is 0.0932 e. The van der Waals surface area contributed by atoms with Crippen molar-refractivity contribution in [2.24, 2.45) is 0 Å². The average molecular weight is 150 g/mol. The van der Waals surface area contributed by atoms with E-state index in [0.717, 1.165) is 17.7 Å². The maximum Gasteiger partial charge on any atom is 0.0932 e. The fourth-order valence-corrected chi connectivity index (χ4v) is 1.35. The van der Waals surface area contributed by atoms with E-state index in [1.165, 1.54) is 0 Å². The van der Waals surface area contributed by atoms with E-state index in [4.69, 9.17) is 0 Å². The van der Waals surface area contributed by atoms with Crippen molar-refractivity contribution in [1.82, 2.24) is 10.3 Å². The van der Waals surface area contributed by atoms with Crippen molar-refractivity contribution in [1.29, 1.82) is 0 Å². The summed E-state index contributed by atoms with van der Waals surface area (Å²) in [6, 6.07) is 1.94. The van der Waals surface area contributed by atoms with Crippen LogP contribution in [0.4, 0.5) is 0 Å². The molecule has 0 aromatic carbocycles. The molecule has 58 valence electrons. The van der Waals surface area contributed by atoms with Gasteiger partial charge in [-0.3, -0.25) is 4.98 Å². The fraction of sp³-hybridized carbons (Fsp3) is 0.375. The summed E-state index contributed by atoms with van der Waals surface area (Å²) in [6.45, 7) is 1.48. The molecule has 3 nitrogen and oxygen atoms in total. The quantitative estimate of drug-likeness (QED) is 0.556. The summed E-state index contributed by atoms with van der Waals surface area (Å²) >= 11 is 0. The number of hydrogen-bond acceptors (Lipinski definition) is 3. The predicted octanol–water partition coefficient (Wildman–Crippen LogP) is 0.218. The van der Waals surface area contributed by atoms with Crippen LogP contribution in [-0.4, -0.2) is 16.6 Å². The highest BCUT2D eigenvalue weighted by Gasteiger charge is 2.16. The number of pyridine rings is 1. The van der Waals surface area contributed by atoms with E-state index >= 15 is 0 Å². The van der Waals surface area contributed by atoms with Crippen molar-refractivity contribution in [3.05, 3.63) is 29.6 Å². The molecule has 0 radical (unpaired) electrons. The lowest BCUT2D eigenvalue weighted by molar-refractivity contribution is 0.164. The zero-order valence-electron chi connectivity index (χ0n) is 6.12. The van der Waals surface area contributed by atoms with Gasteiger partial charge in [-0.05, 0) is 11.6 Å². The number of nitrogens with one attached hydrogen (secondary N) is 1. The molecule has 11 heavy (non-hydrogen) atoms.